The highest BCUT2D eigenvalue weighted by Crippen LogP contribution is 2.26. The molecule has 1 aromatic carbocycles. The van der Waals surface area contributed by atoms with Gasteiger partial charge in [0, 0.05) is 20.1 Å². The standard InChI is InChI=1S/C12H18F2N2/c1-8(15)4-5-9-6-7-10(13)11(14)12(9)16(2)3/h6-8H,4-5,15H2,1-3H3. The molecule has 0 spiro atoms. The van der Waals surface area contributed by atoms with Gasteiger partial charge in [-0.2, -0.15) is 0 Å². The minimum absolute atomic E-state index is 0.0585. The number of hydrogen-bond acceptors (Lipinski definition) is 2. The van der Waals surface area contributed by atoms with Crippen LogP contribution in [0.5, 0.6) is 0 Å². The van der Waals surface area contributed by atoms with Gasteiger partial charge in [0.2, 0.25) is 0 Å². The molecule has 2 nitrogen and oxygen atoms in total. The lowest BCUT2D eigenvalue weighted by Gasteiger charge is -2.19. The molecule has 0 radical (unpaired) electrons. The highest BCUT2D eigenvalue weighted by atomic mass is 19.2. The van der Waals surface area contributed by atoms with E-state index in [1.807, 2.05) is 6.92 Å². The molecular weight excluding hydrogens is 210 g/mol. The van der Waals surface area contributed by atoms with Crippen molar-refractivity contribution in [3.8, 4) is 0 Å². The molecule has 4 heteroatoms. The van der Waals surface area contributed by atoms with E-state index in [-0.39, 0.29) is 6.04 Å². The Bertz CT molecular complexity index is 362. The number of benzene rings is 1. The third-order valence-electron chi connectivity index (χ3n) is 2.47. The Kier molecular flexibility index (Phi) is 4.24. The van der Waals surface area contributed by atoms with Crippen molar-refractivity contribution < 1.29 is 8.78 Å². The van der Waals surface area contributed by atoms with E-state index in [0.29, 0.717) is 12.1 Å². The van der Waals surface area contributed by atoms with Gasteiger partial charge in [-0.05, 0) is 31.4 Å². The molecule has 2 N–H and O–H groups in total. The molecule has 1 unspecified atom stereocenters. The largest absolute Gasteiger partial charge is 0.375 e. The molecule has 0 fully saturated rings. The predicted octanol–water partition coefficient (Wildman–Crippen LogP) is 2.31. The molecule has 0 aliphatic heterocycles. The first-order valence-electron chi connectivity index (χ1n) is 5.33. The van der Waals surface area contributed by atoms with E-state index in [0.717, 1.165) is 12.0 Å². The number of halogens is 2. The van der Waals surface area contributed by atoms with Crippen LogP contribution in [-0.4, -0.2) is 20.1 Å². The molecule has 0 saturated carbocycles. The highest BCUT2D eigenvalue weighted by Gasteiger charge is 2.15. The average molecular weight is 228 g/mol. The van der Waals surface area contributed by atoms with Gasteiger partial charge in [-0.25, -0.2) is 8.78 Å². The molecule has 1 aromatic rings. The normalized spacial score (nSPS) is 12.6. The molecule has 0 amide bonds. The molecule has 0 bridgehead atoms. The fourth-order valence-electron chi connectivity index (χ4n) is 1.65. The zero-order chi connectivity index (χ0) is 12.3. The van der Waals surface area contributed by atoms with Crippen LogP contribution >= 0.6 is 0 Å². The summed E-state index contributed by atoms with van der Waals surface area (Å²) >= 11 is 0. The van der Waals surface area contributed by atoms with Crippen molar-refractivity contribution in [2.45, 2.75) is 25.8 Å². The van der Waals surface area contributed by atoms with Crippen LogP contribution < -0.4 is 10.6 Å². The maximum atomic E-state index is 13.6. The summed E-state index contributed by atoms with van der Waals surface area (Å²) < 4.78 is 26.7. The molecule has 90 valence electrons. The molecule has 1 atom stereocenters. The van der Waals surface area contributed by atoms with Crippen LogP contribution in [0.3, 0.4) is 0 Å². The van der Waals surface area contributed by atoms with Crippen molar-refractivity contribution in [1.29, 1.82) is 0 Å². The van der Waals surface area contributed by atoms with E-state index >= 15 is 0 Å². The number of rotatable bonds is 4. The second-order valence-corrected chi connectivity index (χ2v) is 4.28. The second-order valence-electron chi connectivity index (χ2n) is 4.28. The Morgan fingerprint density at radius 3 is 2.44 bits per heavy atom. The van der Waals surface area contributed by atoms with E-state index in [1.54, 1.807) is 25.1 Å². The Labute approximate surface area is 95.1 Å². The van der Waals surface area contributed by atoms with Crippen molar-refractivity contribution >= 4 is 5.69 Å². The highest BCUT2D eigenvalue weighted by molar-refractivity contribution is 5.54. The van der Waals surface area contributed by atoms with Crippen molar-refractivity contribution in [3.05, 3.63) is 29.3 Å². The Morgan fingerprint density at radius 2 is 1.94 bits per heavy atom. The van der Waals surface area contributed by atoms with Crippen molar-refractivity contribution in [2.75, 3.05) is 19.0 Å². The summed E-state index contributed by atoms with van der Waals surface area (Å²) in [5, 5.41) is 0. The van der Waals surface area contributed by atoms with Gasteiger partial charge >= 0.3 is 0 Å². The SMILES string of the molecule is CC(N)CCc1ccc(F)c(F)c1N(C)C. The third kappa shape index (κ3) is 2.92. The number of aryl methyl sites for hydroxylation is 1. The first kappa shape index (κ1) is 12.9. The molecule has 16 heavy (non-hydrogen) atoms. The molecule has 0 aliphatic carbocycles. The van der Waals surface area contributed by atoms with Crippen molar-refractivity contribution in [2.24, 2.45) is 5.73 Å². The van der Waals surface area contributed by atoms with Gasteiger partial charge in [-0.15, -0.1) is 0 Å². The van der Waals surface area contributed by atoms with Crippen LogP contribution in [0.4, 0.5) is 14.5 Å². The van der Waals surface area contributed by atoms with Crippen LogP contribution in [0.25, 0.3) is 0 Å². The van der Waals surface area contributed by atoms with E-state index < -0.39 is 11.6 Å². The summed E-state index contributed by atoms with van der Waals surface area (Å²) in [6, 6.07) is 2.85. The van der Waals surface area contributed by atoms with Gasteiger partial charge in [0.25, 0.3) is 0 Å². The molecule has 0 aliphatic rings. The maximum Gasteiger partial charge on any atom is 0.182 e. The number of hydrogen-bond donors (Lipinski definition) is 1. The summed E-state index contributed by atoms with van der Waals surface area (Å²) in [4.78, 5) is 1.59. The molecular formula is C12H18F2N2. The number of nitrogens with zero attached hydrogens (tertiary/aromatic N) is 1. The smallest absolute Gasteiger partial charge is 0.182 e. The summed E-state index contributed by atoms with van der Waals surface area (Å²) in [5.41, 5.74) is 6.77. The molecule has 0 aromatic heterocycles. The Hall–Kier alpha value is -1.16. The maximum absolute atomic E-state index is 13.6. The van der Waals surface area contributed by atoms with Gasteiger partial charge in [-0.1, -0.05) is 6.07 Å². The lowest BCUT2D eigenvalue weighted by molar-refractivity contribution is 0.506. The van der Waals surface area contributed by atoms with Gasteiger partial charge in [0.15, 0.2) is 11.6 Å². The van der Waals surface area contributed by atoms with Crippen molar-refractivity contribution in [3.63, 3.8) is 0 Å². The van der Waals surface area contributed by atoms with E-state index in [4.69, 9.17) is 5.73 Å². The summed E-state index contributed by atoms with van der Waals surface area (Å²) in [6.45, 7) is 1.90. The Balaban J connectivity index is 3.03. The third-order valence-corrected chi connectivity index (χ3v) is 2.47. The van der Waals surface area contributed by atoms with Crippen LogP contribution in [0.1, 0.15) is 18.9 Å². The minimum atomic E-state index is -0.812. The topological polar surface area (TPSA) is 29.3 Å². The minimum Gasteiger partial charge on any atom is -0.375 e. The fourth-order valence-corrected chi connectivity index (χ4v) is 1.65. The summed E-state index contributed by atoms with van der Waals surface area (Å²) in [6.07, 6.45) is 1.41. The zero-order valence-corrected chi connectivity index (χ0v) is 9.93. The summed E-state index contributed by atoms with van der Waals surface area (Å²) in [7, 11) is 3.40. The fraction of sp³-hybridized carbons (Fsp3) is 0.500. The van der Waals surface area contributed by atoms with Crippen LogP contribution in [0, 0.1) is 11.6 Å². The quantitative estimate of drug-likeness (QED) is 0.856. The van der Waals surface area contributed by atoms with E-state index in [9.17, 15) is 8.78 Å². The van der Waals surface area contributed by atoms with E-state index in [2.05, 4.69) is 0 Å². The van der Waals surface area contributed by atoms with Gasteiger partial charge in [0.1, 0.15) is 0 Å². The number of nitrogens with two attached hydrogens (primary N) is 1. The van der Waals surface area contributed by atoms with Crippen molar-refractivity contribution in [1.82, 2.24) is 0 Å². The zero-order valence-electron chi connectivity index (χ0n) is 9.93. The lowest BCUT2D eigenvalue weighted by Crippen LogP contribution is -2.18. The first-order chi connectivity index (χ1) is 7.43. The van der Waals surface area contributed by atoms with Crippen LogP contribution in [-0.2, 0) is 6.42 Å². The molecule has 0 heterocycles. The second kappa shape index (κ2) is 5.25. The number of anilines is 1. The lowest BCUT2D eigenvalue weighted by atomic mass is 10.0. The van der Waals surface area contributed by atoms with E-state index in [1.165, 1.54) is 6.07 Å². The molecule has 0 saturated heterocycles. The van der Waals surface area contributed by atoms with Gasteiger partial charge < -0.3 is 10.6 Å². The Morgan fingerprint density at radius 1 is 1.31 bits per heavy atom. The average Bonchev–Trinajstić information content (AvgIpc) is 2.19. The van der Waals surface area contributed by atoms with Crippen LogP contribution in [0.2, 0.25) is 0 Å². The summed E-state index contributed by atoms with van der Waals surface area (Å²) in [5.74, 6) is -1.60. The predicted molar refractivity (Wildman–Crippen MR) is 62.7 cm³/mol. The van der Waals surface area contributed by atoms with Gasteiger partial charge in [0.05, 0.1) is 5.69 Å². The first-order valence-corrected chi connectivity index (χ1v) is 5.33. The monoisotopic (exact) mass is 228 g/mol. The van der Waals surface area contributed by atoms with Gasteiger partial charge in [-0.3, -0.25) is 0 Å². The molecule has 1 rings (SSSR count). The van der Waals surface area contributed by atoms with Crippen LogP contribution in [0.15, 0.2) is 12.1 Å².